The van der Waals surface area contributed by atoms with Crippen LogP contribution in [0.1, 0.15) is 29.7 Å². The van der Waals surface area contributed by atoms with E-state index in [0.717, 1.165) is 5.69 Å². The number of rotatable bonds is 1. The van der Waals surface area contributed by atoms with Crippen molar-refractivity contribution in [1.29, 1.82) is 0 Å². The predicted octanol–water partition coefficient (Wildman–Crippen LogP) is 5.43. The number of hydrogen-bond acceptors (Lipinski definition) is 2. The van der Waals surface area contributed by atoms with E-state index >= 15 is 0 Å². The van der Waals surface area contributed by atoms with Crippen molar-refractivity contribution in [1.82, 2.24) is 0 Å². The lowest BCUT2D eigenvalue weighted by atomic mass is 9.66. The van der Waals surface area contributed by atoms with Crippen molar-refractivity contribution in [2.24, 2.45) is 0 Å². The first-order valence-electron chi connectivity index (χ1n) is 8.86. The topological polar surface area (TPSA) is 12.5 Å². The first kappa shape index (κ1) is 14.7. The third kappa shape index (κ3) is 2.01. The lowest BCUT2D eigenvalue weighted by molar-refractivity contribution is 0.150. The number of hydrogen-bond donors (Lipinski definition) is 0. The van der Waals surface area contributed by atoms with Crippen molar-refractivity contribution in [3.05, 3.63) is 89.5 Å². The second-order valence-electron chi connectivity index (χ2n) is 7.39. The van der Waals surface area contributed by atoms with Gasteiger partial charge in [0, 0.05) is 5.41 Å². The van der Waals surface area contributed by atoms with Gasteiger partial charge in [-0.25, -0.2) is 5.06 Å². The number of aryl methyl sites for hydroxylation is 1. The van der Waals surface area contributed by atoms with E-state index in [9.17, 15) is 0 Å². The second-order valence-corrected chi connectivity index (χ2v) is 7.39. The highest BCUT2D eigenvalue weighted by Gasteiger charge is 2.52. The van der Waals surface area contributed by atoms with E-state index < -0.39 is 0 Å². The Kier molecular flexibility index (Phi) is 3.07. The van der Waals surface area contributed by atoms with E-state index in [1.165, 1.54) is 27.8 Å². The summed E-state index contributed by atoms with van der Waals surface area (Å²) in [6, 6.07) is 26.2. The summed E-state index contributed by atoms with van der Waals surface area (Å²) in [4.78, 5) is 6.27. The molecule has 3 aromatic carbocycles. The molecule has 124 valence electrons. The van der Waals surface area contributed by atoms with Gasteiger partial charge in [0.1, 0.15) is 0 Å². The summed E-state index contributed by atoms with van der Waals surface area (Å²) < 4.78 is 0. The first-order chi connectivity index (χ1) is 12.2. The molecular formula is C23H21NO. The van der Waals surface area contributed by atoms with Gasteiger partial charge in [-0.05, 0) is 41.3 Å². The lowest BCUT2D eigenvalue weighted by Gasteiger charge is -2.40. The smallest absolute Gasteiger partial charge is 0.0938 e. The fraction of sp³-hybridized carbons (Fsp3) is 0.217. The summed E-state index contributed by atoms with van der Waals surface area (Å²) in [6.07, 6.45) is 0. The van der Waals surface area contributed by atoms with E-state index in [1.54, 1.807) is 0 Å². The summed E-state index contributed by atoms with van der Waals surface area (Å²) in [5, 5.41) is 2.11. The average molecular weight is 327 g/mol. The normalized spacial score (nSPS) is 23.8. The summed E-state index contributed by atoms with van der Waals surface area (Å²) in [5.41, 5.74) is 7.77. The van der Waals surface area contributed by atoms with E-state index in [2.05, 4.69) is 85.6 Å². The van der Waals surface area contributed by atoms with Crippen molar-refractivity contribution in [3.63, 3.8) is 0 Å². The van der Waals surface area contributed by atoms with Gasteiger partial charge in [-0.1, -0.05) is 73.2 Å². The highest BCUT2D eigenvalue weighted by atomic mass is 16.7. The number of nitrogens with zero attached hydrogens (tertiary/aromatic N) is 1. The Hall–Kier alpha value is -2.58. The monoisotopic (exact) mass is 327 g/mol. The van der Waals surface area contributed by atoms with Crippen molar-refractivity contribution in [2.45, 2.75) is 25.3 Å². The van der Waals surface area contributed by atoms with E-state index in [0.29, 0.717) is 6.61 Å². The van der Waals surface area contributed by atoms with Gasteiger partial charge in [0.25, 0.3) is 0 Å². The molecule has 1 aliphatic heterocycles. The van der Waals surface area contributed by atoms with Crippen LogP contribution in [0.3, 0.4) is 0 Å². The molecule has 0 saturated carbocycles. The van der Waals surface area contributed by atoms with Crippen molar-refractivity contribution in [2.75, 3.05) is 11.7 Å². The Morgan fingerprint density at radius 1 is 0.920 bits per heavy atom. The fourth-order valence-electron chi connectivity index (χ4n) is 4.47. The molecule has 3 aromatic rings. The molecule has 5 rings (SSSR count). The minimum atomic E-state index is -0.0623. The zero-order valence-corrected chi connectivity index (χ0v) is 14.6. The minimum Gasteiger partial charge on any atom is -0.272 e. The summed E-state index contributed by atoms with van der Waals surface area (Å²) in [5.74, 6) is 0. The number of para-hydroxylation sites is 1. The SMILES string of the molecule is Cc1ccc2c(c1)-c1ccccc1C1N(c3ccccc3)OCC21C. The Labute approximate surface area is 148 Å². The number of anilines is 1. The van der Waals surface area contributed by atoms with Crippen molar-refractivity contribution in [3.8, 4) is 11.1 Å². The molecule has 0 radical (unpaired) electrons. The average Bonchev–Trinajstić information content (AvgIpc) is 3.01. The molecule has 2 nitrogen and oxygen atoms in total. The fourth-order valence-corrected chi connectivity index (χ4v) is 4.47. The van der Waals surface area contributed by atoms with Crippen LogP contribution in [0.4, 0.5) is 5.69 Å². The van der Waals surface area contributed by atoms with Gasteiger partial charge in [0.2, 0.25) is 0 Å². The highest BCUT2D eigenvalue weighted by Crippen LogP contribution is 2.56. The molecule has 0 N–H and O–H groups in total. The molecule has 1 saturated heterocycles. The number of hydroxylamine groups is 1. The van der Waals surface area contributed by atoms with Gasteiger partial charge in [-0.3, -0.25) is 4.84 Å². The summed E-state index contributed by atoms with van der Waals surface area (Å²) >= 11 is 0. The molecule has 1 heterocycles. The van der Waals surface area contributed by atoms with Gasteiger partial charge in [-0.15, -0.1) is 0 Å². The highest BCUT2D eigenvalue weighted by molar-refractivity contribution is 5.78. The quantitative estimate of drug-likeness (QED) is 0.591. The molecule has 0 aromatic heterocycles. The maximum Gasteiger partial charge on any atom is 0.0938 e. The van der Waals surface area contributed by atoms with Crippen LogP contribution in [0.2, 0.25) is 0 Å². The van der Waals surface area contributed by atoms with Gasteiger partial charge in [0.05, 0.1) is 18.3 Å². The summed E-state index contributed by atoms with van der Waals surface area (Å²) in [6.45, 7) is 5.19. The van der Waals surface area contributed by atoms with Crippen LogP contribution >= 0.6 is 0 Å². The van der Waals surface area contributed by atoms with Crippen molar-refractivity contribution >= 4 is 5.69 Å². The maximum atomic E-state index is 6.27. The third-order valence-electron chi connectivity index (χ3n) is 5.69. The van der Waals surface area contributed by atoms with Gasteiger partial charge >= 0.3 is 0 Å². The number of fused-ring (bicyclic) bond motifs is 6. The van der Waals surface area contributed by atoms with Gasteiger partial charge < -0.3 is 0 Å². The van der Waals surface area contributed by atoms with Crippen LogP contribution in [0.25, 0.3) is 11.1 Å². The molecule has 25 heavy (non-hydrogen) atoms. The Morgan fingerprint density at radius 3 is 2.52 bits per heavy atom. The molecular weight excluding hydrogens is 306 g/mol. The third-order valence-corrected chi connectivity index (χ3v) is 5.69. The van der Waals surface area contributed by atoms with E-state index in [4.69, 9.17) is 4.84 Å². The minimum absolute atomic E-state index is 0.0623. The van der Waals surface area contributed by atoms with Crippen LogP contribution in [-0.4, -0.2) is 6.61 Å². The molecule has 0 amide bonds. The molecule has 2 aliphatic rings. The first-order valence-corrected chi connectivity index (χ1v) is 8.86. The van der Waals surface area contributed by atoms with Crippen LogP contribution in [0.15, 0.2) is 72.8 Å². The predicted molar refractivity (Wildman–Crippen MR) is 102 cm³/mol. The summed E-state index contributed by atoms with van der Waals surface area (Å²) in [7, 11) is 0. The van der Waals surface area contributed by atoms with Crippen molar-refractivity contribution < 1.29 is 4.84 Å². The standard InChI is InChI=1S/C23H21NO/c1-16-12-13-21-20(14-16)18-10-6-7-11-19(18)22-23(21,2)15-25-24(22)17-8-4-3-5-9-17/h3-14,22H,15H2,1-2H3. The van der Waals surface area contributed by atoms with Crippen LogP contribution < -0.4 is 5.06 Å². The molecule has 2 unspecified atom stereocenters. The Balaban J connectivity index is 1.77. The molecule has 2 atom stereocenters. The second kappa shape index (κ2) is 5.21. The van der Waals surface area contributed by atoms with E-state index in [1.807, 2.05) is 6.07 Å². The zero-order chi connectivity index (χ0) is 17.0. The van der Waals surface area contributed by atoms with Crippen LogP contribution in [0.5, 0.6) is 0 Å². The lowest BCUT2D eigenvalue weighted by Crippen LogP contribution is -2.37. The molecule has 0 spiro atoms. The van der Waals surface area contributed by atoms with Crippen LogP contribution in [0, 0.1) is 6.92 Å². The van der Waals surface area contributed by atoms with E-state index in [-0.39, 0.29) is 11.5 Å². The Morgan fingerprint density at radius 2 is 1.68 bits per heavy atom. The molecule has 1 fully saturated rings. The van der Waals surface area contributed by atoms with Gasteiger partial charge in [0.15, 0.2) is 0 Å². The van der Waals surface area contributed by atoms with Gasteiger partial charge in [-0.2, -0.15) is 0 Å². The maximum absolute atomic E-state index is 6.27. The molecule has 2 heteroatoms. The molecule has 1 aliphatic carbocycles. The molecule has 0 bridgehead atoms. The van der Waals surface area contributed by atoms with Crippen LogP contribution in [-0.2, 0) is 10.3 Å². The Bertz CT molecular complexity index is 949. The zero-order valence-electron chi connectivity index (χ0n) is 14.6. The number of benzene rings is 3. The largest absolute Gasteiger partial charge is 0.272 e.